The molecule has 36 heavy (non-hydrogen) atoms. The van der Waals surface area contributed by atoms with Crippen LogP contribution in [0.1, 0.15) is 6.42 Å². The first kappa shape index (κ1) is 25.4. The highest BCUT2D eigenvalue weighted by Crippen LogP contribution is 2.26. The molecule has 10 heteroatoms. The second-order valence-electron chi connectivity index (χ2n) is 8.09. The Kier molecular flexibility index (Phi) is 9.09. The number of anilines is 5. The van der Waals surface area contributed by atoms with Crippen LogP contribution in [0.4, 0.5) is 28.8 Å². The number of rotatable bonds is 11. The van der Waals surface area contributed by atoms with Gasteiger partial charge in [-0.3, -0.25) is 9.69 Å². The number of carbonyl (C=O) groups excluding carboxylic acids is 1. The number of nitrogens with one attached hydrogen (secondary N) is 3. The van der Waals surface area contributed by atoms with Gasteiger partial charge in [0.1, 0.15) is 10.8 Å². The van der Waals surface area contributed by atoms with Gasteiger partial charge in [-0.1, -0.05) is 24.2 Å². The Morgan fingerprint density at radius 3 is 2.67 bits per heavy atom. The van der Waals surface area contributed by atoms with Crippen LogP contribution in [-0.2, 0) is 9.53 Å². The topological polar surface area (TPSA) is 101 Å². The Labute approximate surface area is 215 Å². The van der Waals surface area contributed by atoms with Gasteiger partial charge in [0.2, 0.25) is 11.9 Å². The van der Waals surface area contributed by atoms with Crippen LogP contribution in [-0.4, -0.2) is 60.2 Å². The smallest absolute Gasteiger partial charge is 0.247 e. The van der Waals surface area contributed by atoms with E-state index in [0.29, 0.717) is 34.8 Å². The van der Waals surface area contributed by atoms with E-state index in [1.54, 1.807) is 12.1 Å². The number of carbonyl (C=O) groups is 1. The summed E-state index contributed by atoms with van der Waals surface area (Å²) in [6.45, 7) is 8.75. The van der Waals surface area contributed by atoms with Crippen LogP contribution >= 0.6 is 11.6 Å². The predicted molar refractivity (Wildman–Crippen MR) is 143 cm³/mol. The zero-order chi connectivity index (χ0) is 25.2. The summed E-state index contributed by atoms with van der Waals surface area (Å²) in [5.74, 6) is 1.34. The monoisotopic (exact) mass is 508 g/mol. The highest BCUT2D eigenvalue weighted by Gasteiger charge is 2.10. The van der Waals surface area contributed by atoms with Crippen molar-refractivity contribution in [1.82, 2.24) is 14.9 Å². The molecule has 1 saturated heterocycles. The highest BCUT2D eigenvalue weighted by atomic mass is 35.5. The van der Waals surface area contributed by atoms with E-state index in [9.17, 15) is 4.79 Å². The summed E-state index contributed by atoms with van der Waals surface area (Å²) in [6, 6.07) is 14.8. The third-order valence-electron chi connectivity index (χ3n) is 5.42. The molecule has 2 heterocycles. The Morgan fingerprint density at radius 1 is 1.11 bits per heavy atom. The van der Waals surface area contributed by atoms with Crippen LogP contribution in [0, 0.1) is 0 Å². The number of ether oxygens (including phenoxy) is 2. The summed E-state index contributed by atoms with van der Waals surface area (Å²) in [5, 5.41) is 9.42. The summed E-state index contributed by atoms with van der Waals surface area (Å²) in [4.78, 5) is 22.7. The number of hydrogen-bond acceptors (Lipinski definition) is 8. The number of hydrogen-bond donors (Lipinski definition) is 3. The molecule has 0 aliphatic carbocycles. The maximum Gasteiger partial charge on any atom is 0.247 e. The minimum Gasteiger partial charge on any atom is -0.494 e. The van der Waals surface area contributed by atoms with Crippen molar-refractivity contribution in [2.45, 2.75) is 6.42 Å². The van der Waals surface area contributed by atoms with Gasteiger partial charge in [-0.25, -0.2) is 4.98 Å². The van der Waals surface area contributed by atoms with Gasteiger partial charge in [0, 0.05) is 36.7 Å². The minimum atomic E-state index is -0.289. The summed E-state index contributed by atoms with van der Waals surface area (Å²) >= 11 is 6.30. The van der Waals surface area contributed by atoms with Gasteiger partial charge in [0.25, 0.3) is 0 Å². The second-order valence-corrected chi connectivity index (χ2v) is 8.50. The lowest BCUT2D eigenvalue weighted by molar-refractivity contribution is -0.111. The molecule has 188 valence electrons. The van der Waals surface area contributed by atoms with Gasteiger partial charge in [-0.05, 0) is 55.0 Å². The molecule has 0 bridgehead atoms. The fourth-order valence-electron chi connectivity index (χ4n) is 3.59. The molecular weight excluding hydrogens is 480 g/mol. The summed E-state index contributed by atoms with van der Waals surface area (Å²) in [5.41, 5.74) is 2.15. The number of amides is 1. The van der Waals surface area contributed by atoms with E-state index < -0.39 is 0 Å². The molecule has 1 aliphatic heterocycles. The van der Waals surface area contributed by atoms with Crippen LogP contribution in [0.2, 0.25) is 5.02 Å². The van der Waals surface area contributed by atoms with Crippen LogP contribution in [0.25, 0.3) is 0 Å². The molecular formula is C26H29ClN6O3. The fraction of sp³-hybridized carbons (Fsp3) is 0.269. The van der Waals surface area contributed by atoms with Crippen molar-refractivity contribution in [1.29, 1.82) is 0 Å². The first-order chi connectivity index (χ1) is 17.6. The molecule has 0 radical (unpaired) electrons. The van der Waals surface area contributed by atoms with Gasteiger partial charge >= 0.3 is 0 Å². The van der Waals surface area contributed by atoms with Crippen molar-refractivity contribution in [2.24, 2.45) is 0 Å². The molecule has 0 saturated carbocycles. The highest BCUT2D eigenvalue weighted by molar-refractivity contribution is 6.32. The molecule has 4 rings (SSSR count). The average Bonchev–Trinajstić information content (AvgIpc) is 2.90. The largest absolute Gasteiger partial charge is 0.494 e. The van der Waals surface area contributed by atoms with E-state index in [2.05, 4.69) is 37.4 Å². The number of aromatic nitrogens is 2. The van der Waals surface area contributed by atoms with E-state index in [4.69, 9.17) is 21.1 Å². The van der Waals surface area contributed by atoms with Crippen LogP contribution in [0.5, 0.6) is 5.75 Å². The number of benzene rings is 2. The molecule has 0 atom stereocenters. The third-order valence-corrected chi connectivity index (χ3v) is 5.70. The molecule has 1 fully saturated rings. The quantitative estimate of drug-likeness (QED) is 0.250. The van der Waals surface area contributed by atoms with E-state index in [0.717, 1.165) is 50.7 Å². The van der Waals surface area contributed by atoms with Crippen LogP contribution < -0.4 is 20.7 Å². The summed E-state index contributed by atoms with van der Waals surface area (Å²) < 4.78 is 11.2. The van der Waals surface area contributed by atoms with Crippen molar-refractivity contribution in [3.63, 3.8) is 0 Å². The van der Waals surface area contributed by atoms with Gasteiger partial charge < -0.3 is 25.4 Å². The predicted octanol–water partition coefficient (Wildman–Crippen LogP) is 4.84. The Balaban J connectivity index is 1.30. The maximum absolute atomic E-state index is 11.6. The van der Waals surface area contributed by atoms with E-state index >= 15 is 0 Å². The third kappa shape index (κ3) is 7.67. The average molecular weight is 509 g/mol. The molecule has 2 aromatic carbocycles. The van der Waals surface area contributed by atoms with Crippen molar-refractivity contribution in [2.75, 3.05) is 55.4 Å². The lowest BCUT2D eigenvalue weighted by Gasteiger charge is -2.26. The molecule has 9 nitrogen and oxygen atoms in total. The van der Waals surface area contributed by atoms with E-state index in [1.807, 2.05) is 36.4 Å². The van der Waals surface area contributed by atoms with Gasteiger partial charge in [0.15, 0.2) is 5.82 Å². The molecule has 3 aromatic rings. The first-order valence-electron chi connectivity index (χ1n) is 11.7. The zero-order valence-electron chi connectivity index (χ0n) is 19.9. The number of nitrogens with zero attached hydrogens (tertiary/aromatic N) is 3. The second kappa shape index (κ2) is 12.9. The van der Waals surface area contributed by atoms with E-state index in [-0.39, 0.29) is 5.91 Å². The normalized spacial score (nSPS) is 13.6. The lowest BCUT2D eigenvalue weighted by Crippen LogP contribution is -2.37. The molecule has 1 aliphatic rings. The van der Waals surface area contributed by atoms with Crippen LogP contribution in [0.3, 0.4) is 0 Å². The van der Waals surface area contributed by atoms with E-state index in [1.165, 1.54) is 12.3 Å². The van der Waals surface area contributed by atoms with Gasteiger partial charge in [0.05, 0.1) is 26.0 Å². The molecule has 1 aromatic heterocycles. The Morgan fingerprint density at radius 2 is 1.89 bits per heavy atom. The zero-order valence-corrected chi connectivity index (χ0v) is 20.6. The van der Waals surface area contributed by atoms with Crippen molar-refractivity contribution in [3.8, 4) is 5.75 Å². The maximum atomic E-state index is 11.6. The molecule has 0 spiro atoms. The van der Waals surface area contributed by atoms with Gasteiger partial charge in [-0.15, -0.1) is 0 Å². The molecule has 0 unspecified atom stereocenters. The fourth-order valence-corrected chi connectivity index (χ4v) is 3.72. The van der Waals surface area contributed by atoms with Crippen LogP contribution in [0.15, 0.2) is 67.4 Å². The summed E-state index contributed by atoms with van der Waals surface area (Å²) in [7, 11) is 0. The number of halogens is 1. The van der Waals surface area contributed by atoms with Crippen molar-refractivity contribution < 1.29 is 14.3 Å². The van der Waals surface area contributed by atoms with Crippen molar-refractivity contribution in [3.05, 3.63) is 72.4 Å². The van der Waals surface area contributed by atoms with Crippen molar-refractivity contribution >= 4 is 46.3 Å². The standard InChI is InChI=1S/C26H29ClN6O3/c1-2-24(34)29-20-5-3-6-21(17-20)30-25-23(27)18-28-26(32-25)31-19-7-9-22(10-8-19)36-14-4-11-33-12-15-35-16-13-33/h2-3,5-10,17-18H,1,4,11-16H2,(H,29,34)(H2,28,30,31,32). The van der Waals surface area contributed by atoms with Gasteiger partial charge in [-0.2, -0.15) is 4.98 Å². The lowest BCUT2D eigenvalue weighted by atomic mass is 10.2. The Bertz CT molecular complexity index is 1170. The SMILES string of the molecule is C=CC(=O)Nc1cccc(Nc2nc(Nc3ccc(OCCCN4CCOCC4)cc3)ncc2Cl)c1. The molecule has 3 N–H and O–H groups in total. The molecule has 1 amide bonds. The summed E-state index contributed by atoms with van der Waals surface area (Å²) in [6.07, 6.45) is 3.71. The first-order valence-corrected chi connectivity index (χ1v) is 12.1. The minimum absolute atomic E-state index is 0.289. The number of morpholine rings is 1. The Hall–Kier alpha value is -3.66.